The van der Waals surface area contributed by atoms with E-state index in [0.717, 1.165) is 24.7 Å². The van der Waals surface area contributed by atoms with Gasteiger partial charge in [0.2, 0.25) is 0 Å². The van der Waals surface area contributed by atoms with Gasteiger partial charge in [0.1, 0.15) is 16.8 Å². The third-order valence-electron chi connectivity index (χ3n) is 2.60. The van der Waals surface area contributed by atoms with Crippen molar-refractivity contribution in [2.24, 2.45) is 0 Å². The molecule has 0 amide bonds. The van der Waals surface area contributed by atoms with Crippen LogP contribution in [0, 0.1) is 0 Å². The Kier molecular flexibility index (Phi) is 4.04. The highest BCUT2D eigenvalue weighted by Gasteiger charge is 2.18. The Morgan fingerprint density at radius 3 is 2.74 bits per heavy atom. The van der Waals surface area contributed by atoms with E-state index in [0.29, 0.717) is 5.15 Å². The quantitative estimate of drug-likeness (QED) is 0.875. The van der Waals surface area contributed by atoms with Crippen LogP contribution in [0.3, 0.4) is 0 Å². The maximum Gasteiger partial charge on any atom is 0.137 e. The van der Waals surface area contributed by atoms with Crippen LogP contribution in [0.2, 0.25) is 5.15 Å². The fraction of sp³-hybridized carbons (Fsp3) is 0.462. The summed E-state index contributed by atoms with van der Waals surface area (Å²) < 4.78 is 2.00. The van der Waals surface area contributed by atoms with Crippen LogP contribution in [-0.4, -0.2) is 26.1 Å². The van der Waals surface area contributed by atoms with Gasteiger partial charge in [0.25, 0.3) is 0 Å². The van der Waals surface area contributed by atoms with Gasteiger partial charge >= 0.3 is 0 Å². The van der Waals surface area contributed by atoms with E-state index in [1.165, 1.54) is 0 Å². The van der Waals surface area contributed by atoms with E-state index in [9.17, 15) is 0 Å². The van der Waals surface area contributed by atoms with Crippen molar-refractivity contribution in [3.63, 3.8) is 0 Å². The molecule has 2 rings (SSSR count). The van der Waals surface area contributed by atoms with Crippen LogP contribution in [0.4, 0.5) is 5.82 Å². The molecule has 0 atom stereocenters. The molecule has 2 aromatic rings. The van der Waals surface area contributed by atoms with Crippen molar-refractivity contribution in [3.05, 3.63) is 35.8 Å². The lowest BCUT2D eigenvalue weighted by molar-refractivity contribution is 0.545. The van der Waals surface area contributed by atoms with E-state index >= 15 is 0 Å². The molecule has 2 aromatic heterocycles. The molecule has 0 saturated heterocycles. The predicted molar refractivity (Wildman–Crippen MR) is 76.5 cm³/mol. The number of anilines is 1. The minimum atomic E-state index is -0.119. The minimum absolute atomic E-state index is 0.119. The van der Waals surface area contributed by atoms with Gasteiger partial charge < -0.3 is 9.88 Å². The summed E-state index contributed by atoms with van der Waals surface area (Å²) in [6.07, 6.45) is 5.48. The molecule has 0 spiro atoms. The number of imidazole rings is 1. The number of aromatic nitrogens is 4. The van der Waals surface area contributed by atoms with Gasteiger partial charge in [0.05, 0.1) is 6.33 Å². The number of hydrogen-bond acceptors (Lipinski definition) is 4. The first kappa shape index (κ1) is 13.8. The Bertz CT molecular complexity index is 530. The normalized spacial score (nSPS) is 11.6. The number of hydrogen-bond donors (Lipinski definition) is 1. The molecule has 19 heavy (non-hydrogen) atoms. The van der Waals surface area contributed by atoms with Gasteiger partial charge in [-0.25, -0.2) is 15.0 Å². The smallest absolute Gasteiger partial charge is 0.137 e. The van der Waals surface area contributed by atoms with Gasteiger partial charge in [-0.05, 0) is 0 Å². The highest BCUT2D eigenvalue weighted by molar-refractivity contribution is 6.29. The molecular formula is C13H18ClN5. The van der Waals surface area contributed by atoms with Gasteiger partial charge in [-0.1, -0.05) is 32.4 Å². The van der Waals surface area contributed by atoms with Crippen molar-refractivity contribution < 1.29 is 0 Å². The lowest BCUT2D eigenvalue weighted by atomic mass is 9.96. The minimum Gasteiger partial charge on any atom is -0.368 e. The van der Waals surface area contributed by atoms with Crippen LogP contribution in [0.1, 0.15) is 26.6 Å². The fourth-order valence-electron chi connectivity index (χ4n) is 1.58. The van der Waals surface area contributed by atoms with Crippen LogP contribution < -0.4 is 5.32 Å². The monoisotopic (exact) mass is 279 g/mol. The first-order valence-corrected chi connectivity index (χ1v) is 6.57. The van der Waals surface area contributed by atoms with Gasteiger partial charge in [-0.2, -0.15) is 0 Å². The van der Waals surface area contributed by atoms with Crippen molar-refractivity contribution in [2.45, 2.75) is 32.7 Å². The van der Waals surface area contributed by atoms with E-state index in [1.54, 1.807) is 18.6 Å². The molecule has 1 N–H and O–H groups in total. The molecule has 0 aliphatic carbocycles. The lowest BCUT2D eigenvalue weighted by Gasteiger charge is -2.17. The first-order valence-electron chi connectivity index (χ1n) is 6.20. The van der Waals surface area contributed by atoms with Crippen molar-refractivity contribution in [1.29, 1.82) is 0 Å². The van der Waals surface area contributed by atoms with Crippen LogP contribution >= 0.6 is 11.6 Å². The van der Waals surface area contributed by atoms with Gasteiger partial charge in [-0.3, -0.25) is 0 Å². The summed E-state index contributed by atoms with van der Waals surface area (Å²) in [6.45, 7) is 7.77. The molecule has 0 radical (unpaired) electrons. The second-order valence-corrected chi connectivity index (χ2v) is 5.76. The maximum absolute atomic E-state index is 6.03. The maximum atomic E-state index is 6.03. The largest absolute Gasteiger partial charge is 0.368 e. The standard InChI is InChI=1S/C13H18ClN5/c1-13(2,3)12-17-10(14)8-11(18-12)16-5-7-19-6-4-15-9-19/h4,6,8-9H,5,7H2,1-3H3,(H,16,17,18). The molecule has 0 bridgehead atoms. The Morgan fingerprint density at radius 1 is 1.32 bits per heavy atom. The molecule has 0 aliphatic heterocycles. The Morgan fingerprint density at radius 2 is 2.11 bits per heavy atom. The molecule has 102 valence electrons. The average Bonchev–Trinajstić information content (AvgIpc) is 2.80. The summed E-state index contributed by atoms with van der Waals surface area (Å²) in [5, 5.41) is 3.72. The Balaban J connectivity index is 2.02. The Labute approximate surface area is 118 Å². The number of rotatable bonds is 4. The van der Waals surface area contributed by atoms with Crippen molar-refractivity contribution in [2.75, 3.05) is 11.9 Å². The van der Waals surface area contributed by atoms with Crippen LogP contribution in [0.5, 0.6) is 0 Å². The fourth-order valence-corrected chi connectivity index (χ4v) is 1.76. The molecular weight excluding hydrogens is 262 g/mol. The zero-order valence-corrected chi connectivity index (χ0v) is 12.1. The molecule has 0 aliphatic rings. The number of halogens is 1. The van der Waals surface area contributed by atoms with E-state index in [4.69, 9.17) is 11.6 Å². The van der Waals surface area contributed by atoms with Crippen molar-refractivity contribution in [1.82, 2.24) is 19.5 Å². The van der Waals surface area contributed by atoms with Gasteiger partial charge in [0.15, 0.2) is 0 Å². The van der Waals surface area contributed by atoms with Gasteiger partial charge in [-0.15, -0.1) is 0 Å². The average molecular weight is 280 g/mol. The lowest BCUT2D eigenvalue weighted by Crippen LogP contribution is -2.18. The summed E-state index contributed by atoms with van der Waals surface area (Å²) in [5.74, 6) is 1.50. The summed E-state index contributed by atoms with van der Waals surface area (Å²) in [5.41, 5.74) is -0.119. The summed E-state index contributed by atoms with van der Waals surface area (Å²) in [7, 11) is 0. The van der Waals surface area contributed by atoms with Crippen molar-refractivity contribution in [3.8, 4) is 0 Å². The highest BCUT2D eigenvalue weighted by Crippen LogP contribution is 2.22. The van der Waals surface area contributed by atoms with E-state index in [1.807, 2.05) is 10.8 Å². The summed E-state index contributed by atoms with van der Waals surface area (Å²) >= 11 is 6.03. The molecule has 0 unspecified atom stereocenters. The third kappa shape index (κ3) is 3.92. The van der Waals surface area contributed by atoms with E-state index < -0.39 is 0 Å². The Hall–Kier alpha value is -1.62. The molecule has 6 heteroatoms. The second kappa shape index (κ2) is 5.57. The first-order chi connectivity index (χ1) is 8.95. The third-order valence-corrected chi connectivity index (χ3v) is 2.79. The zero-order valence-electron chi connectivity index (χ0n) is 11.4. The molecule has 5 nitrogen and oxygen atoms in total. The van der Waals surface area contributed by atoms with E-state index in [2.05, 4.69) is 41.0 Å². The van der Waals surface area contributed by atoms with Gasteiger partial charge in [0, 0.05) is 37.0 Å². The number of nitrogens with zero attached hydrogens (tertiary/aromatic N) is 4. The predicted octanol–water partition coefficient (Wildman–Crippen LogP) is 2.74. The summed E-state index contributed by atoms with van der Waals surface area (Å²) in [6, 6.07) is 1.74. The zero-order chi connectivity index (χ0) is 13.9. The molecule has 0 fully saturated rings. The van der Waals surface area contributed by atoms with Crippen LogP contribution in [-0.2, 0) is 12.0 Å². The molecule has 0 saturated carbocycles. The second-order valence-electron chi connectivity index (χ2n) is 5.38. The summed E-state index contributed by atoms with van der Waals surface area (Å²) in [4.78, 5) is 12.8. The topological polar surface area (TPSA) is 55.6 Å². The highest BCUT2D eigenvalue weighted by atomic mass is 35.5. The SMILES string of the molecule is CC(C)(C)c1nc(Cl)cc(NCCn2ccnc2)n1. The van der Waals surface area contributed by atoms with E-state index in [-0.39, 0.29) is 5.41 Å². The van der Waals surface area contributed by atoms with Crippen molar-refractivity contribution >= 4 is 17.4 Å². The van der Waals surface area contributed by atoms with Crippen LogP contribution in [0.25, 0.3) is 0 Å². The molecule has 0 aromatic carbocycles. The molecule has 2 heterocycles. The van der Waals surface area contributed by atoms with Crippen LogP contribution in [0.15, 0.2) is 24.8 Å². The number of nitrogens with one attached hydrogen (secondary N) is 1.